The van der Waals surface area contributed by atoms with Crippen LogP contribution in [0.4, 0.5) is 14.5 Å². The summed E-state index contributed by atoms with van der Waals surface area (Å²) in [6.07, 6.45) is 2.71. The Kier molecular flexibility index (Phi) is 6.03. The Bertz CT molecular complexity index is 777. The van der Waals surface area contributed by atoms with Crippen molar-refractivity contribution in [2.45, 2.75) is 32.9 Å². The number of benzene rings is 1. The van der Waals surface area contributed by atoms with Crippen LogP contribution in [0.1, 0.15) is 23.2 Å². The van der Waals surface area contributed by atoms with Gasteiger partial charge in [-0.3, -0.25) is 0 Å². The van der Waals surface area contributed by atoms with E-state index in [2.05, 4.69) is 20.6 Å². The molecule has 1 saturated heterocycles. The molecule has 5 nitrogen and oxygen atoms in total. The molecule has 1 aliphatic heterocycles. The maximum atomic E-state index is 14.0. The summed E-state index contributed by atoms with van der Waals surface area (Å²) in [6.45, 7) is 6.67. The predicted molar refractivity (Wildman–Crippen MR) is 102 cm³/mol. The summed E-state index contributed by atoms with van der Waals surface area (Å²) in [6, 6.07) is 3.87. The van der Waals surface area contributed by atoms with Gasteiger partial charge >= 0.3 is 0 Å². The fourth-order valence-electron chi connectivity index (χ4n) is 2.97. The third-order valence-corrected chi connectivity index (χ3v) is 5.06. The Morgan fingerprint density at radius 3 is 2.96 bits per heavy atom. The number of aromatic nitrogens is 1. The topological polar surface area (TPSA) is 52.6 Å². The van der Waals surface area contributed by atoms with E-state index >= 15 is 0 Å². The van der Waals surface area contributed by atoms with Crippen LogP contribution in [0.25, 0.3) is 0 Å². The summed E-state index contributed by atoms with van der Waals surface area (Å²) < 4.78 is 27.1. The molecule has 1 aromatic carbocycles. The van der Waals surface area contributed by atoms with Crippen LogP contribution in [-0.4, -0.2) is 36.6 Å². The standard InChI is InChI=1S/C18H23F2N5S/c1-3-21-18(23-10-17-22-9-12(2)26-17)24-14-6-7-25(11-14)16-5-4-13(19)8-15(16)20/h4-5,8-9,14H,3,6-7,10-11H2,1-2H3,(H2,21,23,24). The number of nitrogens with zero attached hydrogens (tertiary/aromatic N) is 3. The van der Waals surface area contributed by atoms with Gasteiger partial charge < -0.3 is 15.5 Å². The Morgan fingerprint density at radius 1 is 1.42 bits per heavy atom. The third kappa shape index (κ3) is 4.69. The molecule has 3 rings (SSSR count). The molecule has 26 heavy (non-hydrogen) atoms. The van der Waals surface area contributed by atoms with Crippen LogP contribution < -0.4 is 15.5 Å². The van der Waals surface area contributed by atoms with Gasteiger partial charge in [-0.25, -0.2) is 18.8 Å². The van der Waals surface area contributed by atoms with Crippen LogP contribution in [0.5, 0.6) is 0 Å². The summed E-state index contributed by atoms with van der Waals surface area (Å²) in [7, 11) is 0. The lowest BCUT2D eigenvalue weighted by Crippen LogP contribution is -2.44. The van der Waals surface area contributed by atoms with Crippen molar-refractivity contribution in [1.82, 2.24) is 15.6 Å². The highest BCUT2D eigenvalue weighted by atomic mass is 32.1. The molecule has 2 N–H and O–H groups in total. The fourth-order valence-corrected chi connectivity index (χ4v) is 3.68. The van der Waals surface area contributed by atoms with Gasteiger partial charge in [0.15, 0.2) is 5.96 Å². The van der Waals surface area contributed by atoms with Crippen molar-refractivity contribution in [3.63, 3.8) is 0 Å². The van der Waals surface area contributed by atoms with Crippen LogP contribution in [-0.2, 0) is 6.54 Å². The SMILES string of the molecule is CCNC(=NCc1ncc(C)s1)NC1CCN(c2ccc(F)cc2F)C1. The molecule has 8 heteroatoms. The molecule has 0 saturated carbocycles. The molecule has 2 heterocycles. The first-order valence-corrected chi connectivity index (χ1v) is 9.53. The second kappa shape index (κ2) is 8.44. The van der Waals surface area contributed by atoms with Crippen LogP contribution in [0.2, 0.25) is 0 Å². The van der Waals surface area contributed by atoms with Gasteiger partial charge in [0.05, 0.1) is 12.2 Å². The van der Waals surface area contributed by atoms with Crippen molar-refractivity contribution < 1.29 is 8.78 Å². The zero-order valence-corrected chi connectivity index (χ0v) is 15.7. The number of hydrogen-bond acceptors (Lipinski definition) is 4. The zero-order valence-electron chi connectivity index (χ0n) is 14.9. The summed E-state index contributed by atoms with van der Waals surface area (Å²) in [5.41, 5.74) is 0.441. The van der Waals surface area contributed by atoms with Gasteiger partial charge in [-0.2, -0.15) is 0 Å². The van der Waals surface area contributed by atoms with Crippen molar-refractivity contribution in [2.24, 2.45) is 4.99 Å². The van der Waals surface area contributed by atoms with Gasteiger partial charge in [-0.15, -0.1) is 11.3 Å². The highest BCUT2D eigenvalue weighted by Gasteiger charge is 2.25. The molecule has 140 valence electrons. The smallest absolute Gasteiger partial charge is 0.191 e. The van der Waals surface area contributed by atoms with E-state index in [4.69, 9.17) is 0 Å². The number of aliphatic imine (C=N–C) groups is 1. The lowest BCUT2D eigenvalue weighted by Gasteiger charge is -2.20. The first-order chi connectivity index (χ1) is 12.5. The molecule has 0 radical (unpaired) electrons. The molecular weight excluding hydrogens is 356 g/mol. The minimum atomic E-state index is -0.556. The Morgan fingerprint density at radius 2 is 2.27 bits per heavy atom. The van der Waals surface area contributed by atoms with E-state index in [0.29, 0.717) is 25.3 Å². The van der Waals surface area contributed by atoms with Crippen molar-refractivity contribution >= 4 is 23.0 Å². The number of thiazole rings is 1. The second-order valence-electron chi connectivity index (χ2n) is 6.23. The predicted octanol–water partition coefficient (Wildman–Crippen LogP) is 3.06. The first kappa shape index (κ1) is 18.6. The fraction of sp³-hybridized carbons (Fsp3) is 0.444. The van der Waals surface area contributed by atoms with E-state index in [1.807, 2.05) is 24.9 Å². The number of rotatable bonds is 5. The normalized spacial score (nSPS) is 17.6. The lowest BCUT2D eigenvalue weighted by atomic mass is 10.2. The van der Waals surface area contributed by atoms with E-state index in [9.17, 15) is 8.78 Å². The van der Waals surface area contributed by atoms with E-state index in [0.717, 1.165) is 30.0 Å². The minimum Gasteiger partial charge on any atom is -0.367 e. The van der Waals surface area contributed by atoms with Crippen molar-refractivity contribution in [3.05, 3.63) is 45.9 Å². The van der Waals surface area contributed by atoms with Gasteiger partial charge in [-0.1, -0.05) is 0 Å². The van der Waals surface area contributed by atoms with Gasteiger partial charge in [-0.05, 0) is 32.4 Å². The van der Waals surface area contributed by atoms with Gasteiger partial charge in [0.2, 0.25) is 0 Å². The molecule has 2 aromatic rings. The Balaban J connectivity index is 1.61. The molecule has 0 aliphatic carbocycles. The number of nitrogens with one attached hydrogen (secondary N) is 2. The van der Waals surface area contributed by atoms with Crippen LogP contribution >= 0.6 is 11.3 Å². The summed E-state index contributed by atoms with van der Waals surface area (Å²) in [5, 5.41) is 7.61. The van der Waals surface area contributed by atoms with E-state index in [1.165, 1.54) is 17.0 Å². The molecule has 1 unspecified atom stereocenters. The average molecular weight is 379 g/mol. The van der Waals surface area contributed by atoms with Gasteiger partial charge in [0, 0.05) is 42.8 Å². The molecule has 1 fully saturated rings. The Hall–Kier alpha value is -2.22. The lowest BCUT2D eigenvalue weighted by molar-refractivity contribution is 0.580. The number of halogens is 2. The van der Waals surface area contributed by atoms with E-state index < -0.39 is 11.6 Å². The van der Waals surface area contributed by atoms with E-state index in [1.54, 1.807) is 11.3 Å². The second-order valence-corrected chi connectivity index (χ2v) is 7.55. The van der Waals surface area contributed by atoms with E-state index in [-0.39, 0.29) is 6.04 Å². The third-order valence-electron chi connectivity index (χ3n) is 4.17. The minimum absolute atomic E-state index is 0.148. The summed E-state index contributed by atoms with van der Waals surface area (Å²) >= 11 is 1.64. The summed E-state index contributed by atoms with van der Waals surface area (Å²) in [4.78, 5) is 12.0. The molecule has 1 atom stereocenters. The van der Waals surface area contributed by atoms with Crippen molar-refractivity contribution in [2.75, 3.05) is 24.5 Å². The molecule has 1 aromatic heterocycles. The monoisotopic (exact) mass is 379 g/mol. The summed E-state index contributed by atoms with van der Waals surface area (Å²) in [5.74, 6) is -0.351. The van der Waals surface area contributed by atoms with Gasteiger partial charge in [0.25, 0.3) is 0 Å². The number of aryl methyl sites for hydroxylation is 1. The molecule has 1 aliphatic rings. The number of guanidine groups is 1. The average Bonchev–Trinajstić information content (AvgIpc) is 3.22. The maximum absolute atomic E-state index is 14.0. The van der Waals surface area contributed by atoms with Crippen LogP contribution in [0.3, 0.4) is 0 Å². The van der Waals surface area contributed by atoms with Crippen molar-refractivity contribution in [1.29, 1.82) is 0 Å². The zero-order chi connectivity index (χ0) is 18.5. The quantitative estimate of drug-likeness (QED) is 0.619. The molecular formula is C18H23F2N5S. The molecule has 0 amide bonds. The number of anilines is 1. The highest BCUT2D eigenvalue weighted by Crippen LogP contribution is 2.24. The van der Waals surface area contributed by atoms with Crippen LogP contribution in [0, 0.1) is 18.6 Å². The van der Waals surface area contributed by atoms with Crippen molar-refractivity contribution in [3.8, 4) is 0 Å². The highest BCUT2D eigenvalue weighted by molar-refractivity contribution is 7.11. The largest absolute Gasteiger partial charge is 0.367 e. The van der Waals surface area contributed by atoms with Crippen LogP contribution in [0.15, 0.2) is 29.4 Å². The molecule has 0 bridgehead atoms. The first-order valence-electron chi connectivity index (χ1n) is 8.71. The maximum Gasteiger partial charge on any atom is 0.191 e. The molecule has 0 spiro atoms. The number of hydrogen-bond donors (Lipinski definition) is 2. The Labute approximate surface area is 156 Å². The van der Waals surface area contributed by atoms with Gasteiger partial charge in [0.1, 0.15) is 16.6 Å².